The van der Waals surface area contributed by atoms with E-state index in [1.165, 1.54) is 24.2 Å². The Kier molecular flexibility index (Phi) is 2.09. The second kappa shape index (κ2) is 3.12. The maximum absolute atomic E-state index is 10.6. The number of hydrogen-bond donors (Lipinski definition) is 2. The first kappa shape index (κ1) is 8.72. The van der Waals surface area contributed by atoms with Crippen molar-refractivity contribution < 1.29 is 9.90 Å². The molecule has 0 amide bonds. The predicted molar refractivity (Wildman–Crippen MR) is 50.9 cm³/mol. The third kappa shape index (κ3) is 1.73. The van der Waals surface area contributed by atoms with Crippen LogP contribution in [0.25, 0.3) is 0 Å². The van der Waals surface area contributed by atoms with Crippen molar-refractivity contribution >= 4 is 17.3 Å². The van der Waals surface area contributed by atoms with Gasteiger partial charge in [0, 0.05) is 6.04 Å². The monoisotopic (exact) mass is 197 g/mol. The number of carboxylic acid groups (broad SMARTS) is 1. The summed E-state index contributed by atoms with van der Waals surface area (Å²) < 4.78 is 0. The van der Waals surface area contributed by atoms with Gasteiger partial charge in [-0.2, -0.15) is 0 Å². The molecule has 1 aliphatic rings. The zero-order valence-electron chi connectivity index (χ0n) is 7.06. The van der Waals surface area contributed by atoms with Crippen LogP contribution in [0.15, 0.2) is 11.4 Å². The second-order valence-electron chi connectivity index (χ2n) is 3.41. The van der Waals surface area contributed by atoms with E-state index in [9.17, 15) is 4.79 Å². The summed E-state index contributed by atoms with van der Waals surface area (Å²) in [5.74, 6) is -0.282. The van der Waals surface area contributed by atoms with Crippen LogP contribution >= 0.6 is 11.3 Å². The molecular formula is C9H11NO2S. The summed E-state index contributed by atoms with van der Waals surface area (Å²) in [6.45, 7) is 0. The molecule has 0 aliphatic heterocycles. The first-order chi connectivity index (χ1) is 6.18. The van der Waals surface area contributed by atoms with Gasteiger partial charge < -0.3 is 10.8 Å². The highest BCUT2D eigenvalue weighted by atomic mass is 32.1. The van der Waals surface area contributed by atoms with E-state index in [0.29, 0.717) is 10.8 Å². The first-order valence-electron chi connectivity index (χ1n) is 4.26. The minimum absolute atomic E-state index is 0.0457. The Hall–Kier alpha value is -0.870. The molecule has 0 bridgehead atoms. The lowest BCUT2D eigenvalue weighted by atomic mass is 10.1. The van der Waals surface area contributed by atoms with Crippen molar-refractivity contribution in [2.45, 2.75) is 18.9 Å². The summed E-state index contributed by atoms with van der Waals surface area (Å²) in [5.41, 5.74) is 6.90. The molecule has 0 saturated heterocycles. The highest BCUT2D eigenvalue weighted by molar-refractivity contribution is 7.12. The number of thiophene rings is 1. The Bertz CT molecular complexity index is 330. The molecular weight excluding hydrogens is 186 g/mol. The normalized spacial score (nSPS) is 18.5. The second-order valence-corrected chi connectivity index (χ2v) is 4.32. The predicted octanol–water partition coefficient (Wildman–Crippen LogP) is 1.86. The van der Waals surface area contributed by atoms with E-state index >= 15 is 0 Å². The minimum atomic E-state index is -0.862. The number of nitrogens with two attached hydrogens (primary N) is 1. The molecule has 2 rings (SSSR count). The zero-order chi connectivity index (χ0) is 9.42. The van der Waals surface area contributed by atoms with Gasteiger partial charge in [0.05, 0.1) is 0 Å². The summed E-state index contributed by atoms with van der Waals surface area (Å²) in [5, 5.41) is 10.6. The van der Waals surface area contributed by atoms with Crippen LogP contribution in [-0.4, -0.2) is 11.1 Å². The third-order valence-electron chi connectivity index (χ3n) is 2.35. The van der Waals surface area contributed by atoms with Crippen molar-refractivity contribution in [2.24, 2.45) is 11.7 Å². The van der Waals surface area contributed by atoms with Crippen molar-refractivity contribution in [1.82, 2.24) is 0 Å². The Balaban J connectivity index is 2.16. The van der Waals surface area contributed by atoms with Gasteiger partial charge in [0.2, 0.25) is 0 Å². The van der Waals surface area contributed by atoms with Gasteiger partial charge in [-0.05, 0) is 35.8 Å². The van der Waals surface area contributed by atoms with E-state index in [4.69, 9.17) is 10.8 Å². The first-order valence-corrected chi connectivity index (χ1v) is 5.14. The van der Waals surface area contributed by atoms with Crippen molar-refractivity contribution in [3.63, 3.8) is 0 Å². The molecule has 3 nitrogen and oxygen atoms in total. The molecule has 1 fully saturated rings. The van der Waals surface area contributed by atoms with E-state index in [1.807, 2.05) is 5.38 Å². The molecule has 13 heavy (non-hydrogen) atoms. The smallest absolute Gasteiger partial charge is 0.345 e. The maximum atomic E-state index is 10.6. The molecule has 4 heteroatoms. The van der Waals surface area contributed by atoms with Crippen molar-refractivity contribution in [2.75, 3.05) is 0 Å². The van der Waals surface area contributed by atoms with Gasteiger partial charge in [-0.15, -0.1) is 11.3 Å². The fourth-order valence-electron chi connectivity index (χ4n) is 1.37. The average Bonchev–Trinajstić information content (AvgIpc) is 2.81. The van der Waals surface area contributed by atoms with Crippen LogP contribution in [0.4, 0.5) is 0 Å². The molecule has 70 valence electrons. The lowest BCUT2D eigenvalue weighted by Gasteiger charge is -2.05. The fraction of sp³-hybridized carbons (Fsp3) is 0.444. The number of carbonyl (C=O) groups is 1. The lowest BCUT2D eigenvalue weighted by molar-refractivity contribution is 0.0702. The van der Waals surface area contributed by atoms with E-state index in [0.717, 1.165) is 5.56 Å². The van der Waals surface area contributed by atoms with Crippen LogP contribution in [-0.2, 0) is 0 Å². The molecule has 1 saturated carbocycles. The van der Waals surface area contributed by atoms with Crippen LogP contribution < -0.4 is 5.73 Å². The minimum Gasteiger partial charge on any atom is -0.477 e. The van der Waals surface area contributed by atoms with Gasteiger partial charge in [0.15, 0.2) is 0 Å². The third-order valence-corrected chi connectivity index (χ3v) is 3.28. The molecule has 1 aliphatic carbocycles. The summed E-state index contributed by atoms with van der Waals surface area (Å²) in [6.07, 6.45) is 2.36. The fourth-order valence-corrected chi connectivity index (χ4v) is 2.16. The van der Waals surface area contributed by atoms with E-state index in [1.54, 1.807) is 6.07 Å². The van der Waals surface area contributed by atoms with Crippen molar-refractivity contribution in [1.29, 1.82) is 0 Å². The van der Waals surface area contributed by atoms with Crippen LogP contribution in [0, 0.1) is 5.92 Å². The van der Waals surface area contributed by atoms with Crippen LogP contribution in [0.5, 0.6) is 0 Å². The van der Waals surface area contributed by atoms with Gasteiger partial charge in [-0.3, -0.25) is 0 Å². The maximum Gasteiger partial charge on any atom is 0.345 e. The van der Waals surface area contributed by atoms with Crippen molar-refractivity contribution in [3.05, 3.63) is 21.9 Å². The molecule has 3 N–H and O–H groups in total. The number of hydrogen-bond acceptors (Lipinski definition) is 3. The van der Waals surface area contributed by atoms with Gasteiger partial charge in [0.1, 0.15) is 4.88 Å². The molecule has 1 unspecified atom stereocenters. The van der Waals surface area contributed by atoms with E-state index in [2.05, 4.69) is 0 Å². The largest absolute Gasteiger partial charge is 0.477 e. The molecule has 1 atom stereocenters. The Morgan fingerprint density at radius 1 is 1.69 bits per heavy atom. The van der Waals surface area contributed by atoms with E-state index in [-0.39, 0.29) is 6.04 Å². The van der Waals surface area contributed by atoms with Crippen LogP contribution in [0.2, 0.25) is 0 Å². The van der Waals surface area contributed by atoms with Gasteiger partial charge in [-0.25, -0.2) is 4.79 Å². The highest BCUT2D eigenvalue weighted by Gasteiger charge is 2.30. The topological polar surface area (TPSA) is 63.3 Å². The standard InChI is InChI=1S/C9H11NO2S/c10-8(5-1-2-5)6-3-7(9(11)12)13-4-6/h3-5,8H,1-2,10H2,(H,11,12). The molecule has 0 aromatic carbocycles. The van der Waals surface area contributed by atoms with Crippen LogP contribution in [0.1, 0.15) is 34.1 Å². The molecule has 1 aromatic heterocycles. The molecule has 1 heterocycles. The van der Waals surface area contributed by atoms with Gasteiger partial charge in [0.25, 0.3) is 0 Å². The highest BCUT2D eigenvalue weighted by Crippen LogP contribution is 2.40. The quantitative estimate of drug-likeness (QED) is 0.777. The number of rotatable bonds is 3. The summed E-state index contributed by atoms with van der Waals surface area (Å²) in [4.78, 5) is 11.0. The number of carboxylic acids is 1. The van der Waals surface area contributed by atoms with Crippen molar-refractivity contribution in [3.8, 4) is 0 Å². The summed E-state index contributed by atoms with van der Waals surface area (Å²) in [7, 11) is 0. The zero-order valence-corrected chi connectivity index (χ0v) is 7.88. The SMILES string of the molecule is NC(c1csc(C(=O)O)c1)C1CC1. The Labute approximate surface area is 80.2 Å². The van der Waals surface area contributed by atoms with Gasteiger partial charge in [-0.1, -0.05) is 0 Å². The number of aromatic carboxylic acids is 1. The summed E-state index contributed by atoms with van der Waals surface area (Å²) in [6, 6.07) is 1.74. The summed E-state index contributed by atoms with van der Waals surface area (Å²) >= 11 is 1.25. The van der Waals surface area contributed by atoms with Crippen LogP contribution in [0.3, 0.4) is 0 Å². The lowest BCUT2D eigenvalue weighted by Crippen LogP contribution is -2.11. The molecule has 1 aromatic rings. The Morgan fingerprint density at radius 3 is 2.85 bits per heavy atom. The Morgan fingerprint density at radius 2 is 2.38 bits per heavy atom. The van der Waals surface area contributed by atoms with E-state index < -0.39 is 5.97 Å². The average molecular weight is 197 g/mol. The molecule has 0 radical (unpaired) electrons. The van der Waals surface area contributed by atoms with Gasteiger partial charge >= 0.3 is 5.97 Å². The molecule has 0 spiro atoms.